The lowest BCUT2D eigenvalue weighted by Gasteiger charge is -2.14. The molecule has 3 aromatic rings. The van der Waals surface area contributed by atoms with Gasteiger partial charge in [-0.25, -0.2) is 4.98 Å². The minimum Gasteiger partial charge on any atom is -0.349 e. The van der Waals surface area contributed by atoms with Crippen LogP contribution in [-0.4, -0.2) is 15.5 Å². The van der Waals surface area contributed by atoms with Gasteiger partial charge in [0.15, 0.2) is 0 Å². The van der Waals surface area contributed by atoms with Crippen LogP contribution in [0.2, 0.25) is 0 Å². The third kappa shape index (κ3) is 4.15. The number of halogens is 1. The maximum absolute atomic E-state index is 12.3. The first kappa shape index (κ1) is 18.6. The highest BCUT2D eigenvalue weighted by molar-refractivity contribution is 9.10. The molecule has 5 heteroatoms. The molecule has 0 aliphatic heterocycles. The van der Waals surface area contributed by atoms with Crippen molar-refractivity contribution in [2.24, 2.45) is 5.92 Å². The normalized spacial score (nSPS) is 11.2. The van der Waals surface area contributed by atoms with Crippen molar-refractivity contribution in [1.29, 1.82) is 0 Å². The summed E-state index contributed by atoms with van der Waals surface area (Å²) in [6.45, 7) is 5.28. The number of hydrogen-bond acceptors (Lipinski definition) is 2. The highest BCUT2D eigenvalue weighted by atomic mass is 79.9. The van der Waals surface area contributed by atoms with Crippen molar-refractivity contribution in [2.75, 3.05) is 0 Å². The fraction of sp³-hybridized carbons (Fsp3) is 0.333. The summed E-state index contributed by atoms with van der Waals surface area (Å²) in [5.41, 5.74) is 3.24. The summed E-state index contributed by atoms with van der Waals surface area (Å²) in [7, 11) is 0. The number of para-hydroxylation sites is 2. The van der Waals surface area contributed by atoms with Crippen LogP contribution in [-0.2, 0) is 17.9 Å². The first-order chi connectivity index (χ1) is 12.6. The number of benzene rings is 2. The molecule has 1 N–H and O–H groups in total. The van der Waals surface area contributed by atoms with Crippen LogP contribution < -0.4 is 5.32 Å². The van der Waals surface area contributed by atoms with Crippen molar-refractivity contribution >= 4 is 32.9 Å². The van der Waals surface area contributed by atoms with Crippen LogP contribution in [0.1, 0.15) is 38.1 Å². The van der Waals surface area contributed by atoms with Crippen LogP contribution in [0.3, 0.4) is 0 Å². The first-order valence-corrected chi connectivity index (χ1v) is 9.88. The number of carbonyl (C=O) groups excluding carboxylic acids is 1. The quantitative estimate of drug-likeness (QED) is 0.598. The van der Waals surface area contributed by atoms with E-state index in [9.17, 15) is 4.79 Å². The Labute approximate surface area is 162 Å². The van der Waals surface area contributed by atoms with Gasteiger partial charge < -0.3 is 9.88 Å². The van der Waals surface area contributed by atoms with Crippen LogP contribution in [0.25, 0.3) is 11.0 Å². The zero-order valence-corrected chi connectivity index (χ0v) is 16.8. The number of rotatable bonds is 7. The Hall–Kier alpha value is -2.14. The van der Waals surface area contributed by atoms with E-state index in [1.165, 1.54) is 5.56 Å². The molecule has 0 atom stereocenters. The Balaban J connectivity index is 1.87. The zero-order valence-electron chi connectivity index (χ0n) is 15.2. The van der Waals surface area contributed by atoms with Gasteiger partial charge in [-0.1, -0.05) is 54.0 Å². The van der Waals surface area contributed by atoms with Gasteiger partial charge in [-0.2, -0.15) is 0 Å². The van der Waals surface area contributed by atoms with E-state index in [-0.39, 0.29) is 11.8 Å². The first-order valence-electron chi connectivity index (χ1n) is 9.08. The summed E-state index contributed by atoms with van der Waals surface area (Å²) in [6, 6.07) is 16.4. The van der Waals surface area contributed by atoms with Gasteiger partial charge in [0.1, 0.15) is 5.82 Å². The van der Waals surface area contributed by atoms with Gasteiger partial charge in [0.2, 0.25) is 5.91 Å². The monoisotopic (exact) mass is 413 g/mol. The van der Waals surface area contributed by atoms with E-state index in [1.807, 2.05) is 30.3 Å². The zero-order chi connectivity index (χ0) is 18.5. The molecule has 0 saturated heterocycles. The molecular formula is C21H24BrN3O. The number of carbonyl (C=O) groups is 1. The van der Waals surface area contributed by atoms with Crippen molar-refractivity contribution in [1.82, 2.24) is 14.9 Å². The van der Waals surface area contributed by atoms with E-state index >= 15 is 0 Å². The molecule has 0 saturated carbocycles. The fourth-order valence-corrected chi connectivity index (χ4v) is 3.44. The summed E-state index contributed by atoms with van der Waals surface area (Å²) < 4.78 is 3.25. The maximum atomic E-state index is 12.3. The molecule has 136 valence electrons. The Morgan fingerprint density at radius 3 is 2.50 bits per heavy atom. The molecule has 0 spiro atoms. The number of fused-ring (bicyclic) bond motifs is 1. The smallest absolute Gasteiger partial charge is 0.223 e. The van der Waals surface area contributed by atoms with Gasteiger partial charge in [-0.3, -0.25) is 4.79 Å². The number of hydrogen-bond donors (Lipinski definition) is 1. The van der Waals surface area contributed by atoms with Gasteiger partial charge in [-0.15, -0.1) is 0 Å². The fourth-order valence-electron chi connectivity index (χ4n) is 3.18. The lowest BCUT2D eigenvalue weighted by atomic mass is 10.0. The Morgan fingerprint density at radius 1 is 1.12 bits per heavy atom. The lowest BCUT2D eigenvalue weighted by Crippen LogP contribution is -2.30. The van der Waals surface area contributed by atoms with Gasteiger partial charge in [0, 0.05) is 16.9 Å². The molecule has 0 radical (unpaired) electrons. The minimum absolute atomic E-state index is 0.0688. The second-order valence-electron chi connectivity index (χ2n) is 6.46. The highest BCUT2D eigenvalue weighted by Crippen LogP contribution is 2.19. The number of nitrogens with zero attached hydrogens (tertiary/aromatic N) is 2. The molecule has 26 heavy (non-hydrogen) atoms. The van der Waals surface area contributed by atoms with Gasteiger partial charge in [0.05, 0.1) is 17.6 Å². The lowest BCUT2D eigenvalue weighted by molar-refractivity contribution is -0.125. The SMILES string of the molecule is CCC(CC)C(=O)NCc1nc2ccccc2n1Cc1ccc(Br)cc1. The second-order valence-corrected chi connectivity index (χ2v) is 7.38. The van der Waals surface area contributed by atoms with Crippen LogP contribution in [0.15, 0.2) is 53.0 Å². The van der Waals surface area contributed by atoms with E-state index in [1.54, 1.807) is 0 Å². The van der Waals surface area contributed by atoms with Crippen LogP contribution >= 0.6 is 15.9 Å². The molecule has 0 unspecified atom stereocenters. The van der Waals surface area contributed by atoms with Crippen molar-refractivity contribution < 1.29 is 4.79 Å². The summed E-state index contributed by atoms with van der Waals surface area (Å²) in [5, 5.41) is 3.07. The molecule has 1 heterocycles. The van der Waals surface area contributed by atoms with Crippen molar-refractivity contribution in [2.45, 2.75) is 39.8 Å². The number of amides is 1. The largest absolute Gasteiger partial charge is 0.349 e. The molecule has 0 fully saturated rings. The average molecular weight is 414 g/mol. The molecule has 0 aliphatic rings. The third-order valence-corrected chi connectivity index (χ3v) is 5.29. The summed E-state index contributed by atoms with van der Waals surface area (Å²) >= 11 is 3.48. The third-order valence-electron chi connectivity index (χ3n) is 4.76. The number of nitrogens with one attached hydrogen (secondary N) is 1. The Bertz CT molecular complexity index is 882. The molecular weight excluding hydrogens is 390 g/mol. The molecule has 1 aromatic heterocycles. The van der Waals surface area contributed by atoms with Gasteiger partial charge in [-0.05, 0) is 42.7 Å². The van der Waals surface area contributed by atoms with Crippen LogP contribution in [0.4, 0.5) is 0 Å². The summed E-state index contributed by atoms with van der Waals surface area (Å²) in [6.07, 6.45) is 1.72. The summed E-state index contributed by atoms with van der Waals surface area (Å²) in [4.78, 5) is 17.1. The van der Waals surface area contributed by atoms with Crippen molar-refractivity contribution in [3.63, 3.8) is 0 Å². The average Bonchev–Trinajstić information content (AvgIpc) is 3.00. The highest BCUT2D eigenvalue weighted by Gasteiger charge is 2.16. The molecule has 0 bridgehead atoms. The van der Waals surface area contributed by atoms with Gasteiger partial charge >= 0.3 is 0 Å². The Morgan fingerprint density at radius 2 is 1.81 bits per heavy atom. The van der Waals surface area contributed by atoms with Crippen molar-refractivity contribution in [3.8, 4) is 0 Å². The van der Waals surface area contributed by atoms with Crippen LogP contribution in [0.5, 0.6) is 0 Å². The van der Waals surface area contributed by atoms with Crippen LogP contribution in [0, 0.1) is 5.92 Å². The van der Waals surface area contributed by atoms with E-state index in [0.29, 0.717) is 6.54 Å². The predicted octanol–water partition coefficient (Wildman–Crippen LogP) is 4.90. The topological polar surface area (TPSA) is 46.9 Å². The molecule has 4 nitrogen and oxygen atoms in total. The van der Waals surface area contributed by atoms with E-state index in [0.717, 1.165) is 40.7 Å². The number of imidazole rings is 1. The predicted molar refractivity (Wildman–Crippen MR) is 109 cm³/mol. The van der Waals surface area contributed by atoms with E-state index in [4.69, 9.17) is 4.98 Å². The molecule has 1 amide bonds. The van der Waals surface area contributed by atoms with Gasteiger partial charge in [0.25, 0.3) is 0 Å². The minimum atomic E-state index is 0.0688. The molecule has 0 aliphatic carbocycles. The van der Waals surface area contributed by atoms with E-state index in [2.05, 4.69) is 57.9 Å². The van der Waals surface area contributed by atoms with E-state index < -0.39 is 0 Å². The molecule has 3 rings (SSSR count). The maximum Gasteiger partial charge on any atom is 0.223 e. The Kier molecular flexibility index (Phi) is 6.09. The second kappa shape index (κ2) is 8.49. The molecule has 2 aromatic carbocycles. The standard InChI is InChI=1S/C21H24BrN3O/c1-3-16(4-2)21(26)23-13-20-24-18-7-5-6-8-19(18)25(20)14-15-9-11-17(22)12-10-15/h5-12,16H,3-4,13-14H2,1-2H3,(H,23,26). The van der Waals surface area contributed by atoms with Crippen molar-refractivity contribution in [3.05, 3.63) is 64.4 Å². The number of aromatic nitrogens is 2. The summed E-state index contributed by atoms with van der Waals surface area (Å²) in [5.74, 6) is 1.06.